The van der Waals surface area contributed by atoms with Crippen LogP contribution in [0.2, 0.25) is 25.2 Å². The van der Waals surface area contributed by atoms with E-state index in [-0.39, 0.29) is 96.4 Å². The van der Waals surface area contributed by atoms with Crippen LogP contribution in [0.25, 0.3) is 0 Å². The van der Waals surface area contributed by atoms with Crippen molar-refractivity contribution < 1.29 is 109 Å². The third kappa shape index (κ3) is 74.2. The van der Waals surface area contributed by atoms with Gasteiger partial charge in [-0.05, 0) is 144 Å². The highest BCUT2D eigenvalue weighted by atomic mass is 28.4. The number of alkyl carbamates (subject to hydrolysis) is 6. The minimum Gasteiger partial charge on any atom is -0.473 e. The van der Waals surface area contributed by atoms with Gasteiger partial charge in [-0.15, -0.1) is 0 Å². The molecule has 0 saturated carbocycles. The summed E-state index contributed by atoms with van der Waals surface area (Å²) in [6, 6.07) is 1.94. The van der Waals surface area contributed by atoms with Gasteiger partial charge in [0.25, 0.3) is 0 Å². The van der Waals surface area contributed by atoms with E-state index in [1.807, 2.05) is 0 Å². The molecule has 33 heteroatoms. The van der Waals surface area contributed by atoms with Crippen LogP contribution in [0.5, 0.6) is 0 Å². The zero-order chi connectivity index (χ0) is 76.5. The van der Waals surface area contributed by atoms with Crippen molar-refractivity contribution in [1.82, 2.24) is 42.5 Å². The second-order valence-corrected chi connectivity index (χ2v) is 32.0. The predicted molar refractivity (Wildman–Crippen MR) is 397 cm³/mol. The number of carbonyl (C=O) groups excluding carboxylic acids is 8. The fourth-order valence-corrected chi connectivity index (χ4v) is 14.0. The quantitative estimate of drug-likeness (QED) is 0.00323. The molecule has 104 heavy (non-hydrogen) atoms. The van der Waals surface area contributed by atoms with E-state index in [0.717, 1.165) is 186 Å². The summed E-state index contributed by atoms with van der Waals surface area (Å²) in [4.78, 5) is 105. The van der Waals surface area contributed by atoms with E-state index < -0.39 is 50.8 Å². The van der Waals surface area contributed by atoms with Gasteiger partial charge < -0.3 is 98.5 Å². The second kappa shape index (κ2) is 71.2. The Balaban J connectivity index is 3.55. The smallest absolute Gasteiger partial charge is 0.407 e. The number of hydrogen-bond donors (Lipinski definition) is 8. The molecular formula is C71H134N8O23Si2. The van der Waals surface area contributed by atoms with Crippen LogP contribution in [0.15, 0.2) is 24.5 Å². The lowest BCUT2D eigenvalue weighted by Crippen LogP contribution is -2.44. The SMILES string of the molecule is C=C(C)OCOCCOC(=O)NCCCCCCNC(=O)OCCOC(=O)NCCCCCCCCCCNC(=O)OCCOCCC[Si]C(C)(C)O[Si](C)(C)CCCOCCOC(=O)NCCCCCCNCCCCC(=O)OCCOOCNCCCCCCNC(=O)OCCOC(=O)C(=C)C. The number of amides is 6. The van der Waals surface area contributed by atoms with Gasteiger partial charge >= 0.3 is 48.5 Å². The van der Waals surface area contributed by atoms with Crippen molar-refractivity contribution in [1.29, 1.82) is 0 Å². The van der Waals surface area contributed by atoms with E-state index in [9.17, 15) is 38.4 Å². The molecule has 0 fully saturated rings. The van der Waals surface area contributed by atoms with Crippen LogP contribution < -0.4 is 42.5 Å². The maximum Gasteiger partial charge on any atom is 0.407 e. The highest BCUT2D eigenvalue weighted by Gasteiger charge is 2.31. The number of esters is 2. The Morgan fingerprint density at radius 2 is 0.702 bits per heavy atom. The number of unbranched alkanes of at least 4 members (excludes halogenated alkanes) is 17. The molecule has 0 aliphatic rings. The average molecular weight is 1520 g/mol. The fourth-order valence-electron chi connectivity index (χ4n) is 9.53. The van der Waals surface area contributed by atoms with Gasteiger partial charge in [0.2, 0.25) is 0 Å². The van der Waals surface area contributed by atoms with Crippen LogP contribution in [0.4, 0.5) is 28.8 Å². The molecule has 0 bridgehead atoms. The Kier molecular flexibility index (Phi) is 67.1. The van der Waals surface area contributed by atoms with Gasteiger partial charge in [-0.2, -0.15) is 0 Å². The lowest BCUT2D eigenvalue weighted by Gasteiger charge is -2.35. The maximum absolute atomic E-state index is 12.1. The molecule has 6 amide bonds. The number of carbonyl (C=O) groups is 8. The van der Waals surface area contributed by atoms with Gasteiger partial charge in [0.15, 0.2) is 15.1 Å². The van der Waals surface area contributed by atoms with Crippen LogP contribution in [0, 0.1) is 0 Å². The minimum absolute atomic E-state index is 0.0150. The fraction of sp³-hybridized carbons (Fsp3) is 0.831. The summed E-state index contributed by atoms with van der Waals surface area (Å²) in [6.07, 6.45) is 19.7. The highest BCUT2D eigenvalue weighted by Crippen LogP contribution is 2.23. The molecule has 0 rings (SSSR count). The number of hydrogen-bond acceptors (Lipinski definition) is 25. The lowest BCUT2D eigenvalue weighted by molar-refractivity contribution is -0.302. The number of rotatable bonds is 73. The Morgan fingerprint density at radius 3 is 1.12 bits per heavy atom. The average Bonchev–Trinajstić information content (AvgIpc) is 0.871. The molecule has 0 aliphatic carbocycles. The summed E-state index contributed by atoms with van der Waals surface area (Å²) >= 11 is 0. The van der Waals surface area contributed by atoms with Gasteiger partial charge in [-0.25, -0.2) is 43.3 Å². The van der Waals surface area contributed by atoms with Gasteiger partial charge in [-0.1, -0.05) is 96.3 Å². The number of nitrogens with one attached hydrogen (secondary N) is 8. The molecule has 8 N–H and O–H groups in total. The molecule has 604 valence electrons. The largest absolute Gasteiger partial charge is 0.473 e. The number of ether oxygens (including phenoxy) is 12. The van der Waals surface area contributed by atoms with E-state index >= 15 is 0 Å². The zero-order valence-electron chi connectivity index (χ0n) is 64.1. The molecule has 2 radical (unpaired) electrons. The molecule has 0 heterocycles. The first-order chi connectivity index (χ1) is 50.2. The molecule has 0 atom stereocenters. The van der Waals surface area contributed by atoms with Crippen LogP contribution in [0.3, 0.4) is 0 Å². The van der Waals surface area contributed by atoms with Crippen molar-refractivity contribution in [2.24, 2.45) is 0 Å². The van der Waals surface area contributed by atoms with Crippen molar-refractivity contribution in [2.75, 3.05) is 165 Å². The monoisotopic (exact) mass is 1520 g/mol. The van der Waals surface area contributed by atoms with E-state index in [2.05, 4.69) is 82.6 Å². The van der Waals surface area contributed by atoms with Crippen molar-refractivity contribution in [2.45, 2.75) is 219 Å². The summed E-state index contributed by atoms with van der Waals surface area (Å²) < 4.78 is 69.0. The van der Waals surface area contributed by atoms with Gasteiger partial charge in [0.1, 0.15) is 66.2 Å². The van der Waals surface area contributed by atoms with Gasteiger partial charge in [0.05, 0.1) is 35.1 Å². The number of allylic oxidation sites excluding steroid dienone is 1. The normalized spacial score (nSPS) is 11.2. The summed E-state index contributed by atoms with van der Waals surface area (Å²) in [7, 11) is -1.32. The van der Waals surface area contributed by atoms with Crippen LogP contribution >= 0.6 is 0 Å². The van der Waals surface area contributed by atoms with Crippen LogP contribution in [-0.4, -0.2) is 236 Å². The van der Waals surface area contributed by atoms with Gasteiger partial charge in [-0.3, -0.25) is 10.1 Å². The van der Waals surface area contributed by atoms with E-state index in [1.54, 1.807) is 13.8 Å². The Labute approximate surface area is 623 Å². The predicted octanol–water partition coefficient (Wildman–Crippen LogP) is 10.5. The Bertz CT molecular complexity index is 2220. The van der Waals surface area contributed by atoms with Gasteiger partial charge in [0, 0.05) is 69.7 Å². The first-order valence-corrected chi connectivity index (χ1v) is 42.1. The summed E-state index contributed by atoms with van der Waals surface area (Å²) in [5.41, 5.74) is 0.289. The third-order valence-electron chi connectivity index (χ3n) is 14.9. The summed E-state index contributed by atoms with van der Waals surface area (Å²) in [5, 5.41) is 22.7. The van der Waals surface area contributed by atoms with Crippen molar-refractivity contribution >= 4 is 66.3 Å². The second-order valence-electron chi connectivity index (χ2n) is 25.7. The van der Waals surface area contributed by atoms with Crippen molar-refractivity contribution in [3.05, 3.63) is 24.5 Å². The Morgan fingerprint density at radius 1 is 0.356 bits per heavy atom. The topological polar surface area (TPSA) is 371 Å². The molecule has 0 aromatic rings. The zero-order valence-corrected chi connectivity index (χ0v) is 66.1. The Hall–Kier alpha value is -6.05. The van der Waals surface area contributed by atoms with Crippen molar-refractivity contribution in [3.63, 3.8) is 0 Å². The van der Waals surface area contributed by atoms with Crippen LogP contribution in [0.1, 0.15) is 188 Å². The minimum atomic E-state index is -1.94. The lowest BCUT2D eigenvalue weighted by atomic mass is 10.1. The van der Waals surface area contributed by atoms with E-state index in [0.29, 0.717) is 87.4 Å². The first kappa shape index (κ1) is 98.0. The van der Waals surface area contributed by atoms with E-state index in [4.69, 9.17) is 71.0 Å². The summed E-state index contributed by atoms with van der Waals surface area (Å²) in [5.74, 6) is -0.231. The first-order valence-electron chi connectivity index (χ1n) is 37.8. The standard InChI is InChI=1S/C71H134N8O23Si2/c1-61(2)64(81)92-51-52-96-68(85)78-40-27-18-16-23-36-73-59-101-100-56-55-91-63(80)33-21-30-35-72-34-22-15-17-26-39-75-66(83)94-49-46-89-44-32-58-104(7,8)102-71(5,6)103-57-31-43-88-45-48-93-65(82)74-37-24-13-11-9-10-12-14-25-38-77-69(86)97-53-54-98-70(87)79-42-29-20-19-28-41-76-67(84)95-50-47-90-60-99-62(3)4/h72-73H,1,3,9-60H2,2,4-8H3,(H,74,82)(H,75,83)(H,76,84)(H,77,86)(H,78,85)(H,79,87). The maximum atomic E-state index is 12.1. The van der Waals surface area contributed by atoms with Crippen molar-refractivity contribution in [3.8, 4) is 0 Å². The molecule has 0 aliphatic heterocycles. The molecule has 0 spiro atoms. The molecule has 0 aromatic carbocycles. The summed E-state index contributed by atoms with van der Waals surface area (Å²) in [6.45, 7) is 27.7. The van der Waals surface area contributed by atoms with E-state index in [1.165, 1.54) is 0 Å². The third-order valence-corrected chi connectivity index (χ3v) is 19.3. The molecule has 0 aromatic heterocycles. The molecular weight excluding hydrogens is 1390 g/mol. The van der Waals surface area contributed by atoms with Crippen LogP contribution in [-0.2, 0) is 80.6 Å². The highest BCUT2D eigenvalue weighted by molar-refractivity contribution is 6.71. The molecule has 31 nitrogen and oxygen atoms in total. The molecule has 0 saturated heterocycles. The molecule has 0 unspecified atom stereocenters.